The number of likely N-dealkylation sites (tertiary alicyclic amines) is 1. The third-order valence-corrected chi connectivity index (χ3v) is 4.49. The van der Waals surface area contributed by atoms with Crippen molar-refractivity contribution in [1.29, 1.82) is 0 Å². The van der Waals surface area contributed by atoms with Gasteiger partial charge in [0, 0.05) is 38.1 Å². The Morgan fingerprint density at radius 2 is 1.92 bits per heavy atom. The zero-order valence-corrected chi connectivity index (χ0v) is 15.6. The van der Waals surface area contributed by atoms with Gasteiger partial charge in [-0.2, -0.15) is 0 Å². The van der Waals surface area contributed by atoms with Gasteiger partial charge in [-0.05, 0) is 59.3 Å². The van der Waals surface area contributed by atoms with Crippen LogP contribution < -0.4 is 10.6 Å². The van der Waals surface area contributed by atoms with Gasteiger partial charge in [-0.15, -0.1) is 0 Å². The second-order valence-corrected chi connectivity index (χ2v) is 8.24. The van der Waals surface area contributed by atoms with E-state index in [9.17, 15) is 9.59 Å². The highest BCUT2D eigenvalue weighted by molar-refractivity contribution is 5.80. The van der Waals surface area contributed by atoms with Crippen molar-refractivity contribution in [1.82, 2.24) is 15.5 Å². The number of carbonyl (C=O) groups excluding carboxylic acids is 2. The summed E-state index contributed by atoms with van der Waals surface area (Å²) in [5.41, 5.74) is -0.436. The lowest BCUT2D eigenvalue weighted by molar-refractivity contribution is -0.122. The zero-order chi connectivity index (χ0) is 17.7. The Balaban J connectivity index is 1.58. The molecule has 2 unspecified atom stereocenters. The van der Waals surface area contributed by atoms with Crippen LogP contribution >= 0.6 is 0 Å². The highest BCUT2D eigenvalue weighted by atomic mass is 16.6. The quantitative estimate of drug-likeness (QED) is 0.697. The lowest BCUT2D eigenvalue weighted by Crippen LogP contribution is -2.38. The lowest BCUT2D eigenvalue weighted by Gasteiger charge is -2.24. The average Bonchev–Trinajstić information content (AvgIpc) is 3.22. The van der Waals surface area contributed by atoms with Crippen molar-refractivity contribution >= 4 is 12.0 Å². The van der Waals surface area contributed by atoms with E-state index in [-0.39, 0.29) is 17.9 Å². The smallest absolute Gasteiger partial charge is 0.410 e. The number of nitrogens with zero attached hydrogens (tertiary/aromatic N) is 1. The minimum atomic E-state index is -0.436. The molecule has 1 heterocycles. The average molecular weight is 339 g/mol. The number of ether oxygens (including phenoxy) is 1. The molecule has 1 aliphatic heterocycles. The van der Waals surface area contributed by atoms with Crippen LogP contribution in [0.15, 0.2) is 0 Å². The van der Waals surface area contributed by atoms with Gasteiger partial charge in [0.15, 0.2) is 0 Å². The molecule has 0 bridgehead atoms. The van der Waals surface area contributed by atoms with Crippen molar-refractivity contribution in [3.05, 3.63) is 0 Å². The Labute approximate surface area is 145 Å². The van der Waals surface area contributed by atoms with Gasteiger partial charge in [0.25, 0.3) is 0 Å². The Kier molecular flexibility index (Phi) is 6.49. The van der Waals surface area contributed by atoms with Crippen LogP contribution in [0.3, 0.4) is 0 Å². The Morgan fingerprint density at radius 1 is 1.21 bits per heavy atom. The van der Waals surface area contributed by atoms with E-state index in [1.807, 2.05) is 25.7 Å². The summed E-state index contributed by atoms with van der Waals surface area (Å²) in [7, 11) is 0. The third kappa shape index (κ3) is 6.67. The SMILES string of the molecule is CC(CC1CCN(C(=O)OC(C)(C)C)C1)NCCNC(=O)C1CC1. The molecule has 6 heteroatoms. The zero-order valence-electron chi connectivity index (χ0n) is 15.6. The largest absolute Gasteiger partial charge is 0.444 e. The molecule has 2 aliphatic rings. The molecule has 2 amide bonds. The molecular weight excluding hydrogens is 306 g/mol. The first-order valence-corrected chi connectivity index (χ1v) is 9.23. The first kappa shape index (κ1) is 19.0. The van der Waals surface area contributed by atoms with E-state index in [1.165, 1.54) is 0 Å². The van der Waals surface area contributed by atoms with Crippen molar-refractivity contribution in [3.63, 3.8) is 0 Å². The maximum atomic E-state index is 12.1. The van der Waals surface area contributed by atoms with Crippen molar-refractivity contribution in [2.45, 2.75) is 65.0 Å². The lowest BCUT2D eigenvalue weighted by atomic mass is 10.0. The van der Waals surface area contributed by atoms with Crippen LogP contribution in [0.5, 0.6) is 0 Å². The van der Waals surface area contributed by atoms with Gasteiger partial charge < -0.3 is 20.3 Å². The number of rotatable bonds is 7. The molecule has 0 aromatic rings. The number of nitrogens with one attached hydrogen (secondary N) is 2. The summed E-state index contributed by atoms with van der Waals surface area (Å²) in [6.45, 7) is 10.9. The van der Waals surface area contributed by atoms with Crippen molar-refractivity contribution < 1.29 is 14.3 Å². The fraction of sp³-hybridized carbons (Fsp3) is 0.889. The normalized spacial score (nSPS) is 22.3. The first-order valence-electron chi connectivity index (χ1n) is 9.23. The van der Waals surface area contributed by atoms with Crippen LogP contribution in [-0.2, 0) is 9.53 Å². The molecule has 2 rings (SSSR count). The number of hydrogen-bond acceptors (Lipinski definition) is 4. The number of hydrogen-bond donors (Lipinski definition) is 2. The summed E-state index contributed by atoms with van der Waals surface area (Å²) < 4.78 is 5.43. The van der Waals surface area contributed by atoms with Crippen LogP contribution in [0.25, 0.3) is 0 Å². The molecule has 1 aliphatic carbocycles. The predicted octanol–water partition coefficient (Wildman–Crippen LogP) is 2.14. The minimum absolute atomic E-state index is 0.201. The van der Waals surface area contributed by atoms with Crippen molar-refractivity contribution in [3.8, 4) is 0 Å². The van der Waals surface area contributed by atoms with E-state index < -0.39 is 5.60 Å². The van der Waals surface area contributed by atoms with Gasteiger partial charge in [-0.1, -0.05) is 0 Å². The Bertz CT molecular complexity index is 443. The minimum Gasteiger partial charge on any atom is -0.444 e. The van der Waals surface area contributed by atoms with Gasteiger partial charge in [-0.25, -0.2) is 4.79 Å². The van der Waals surface area contributed by atoms with E-state index >= 15 is 0 Å². The van der Waals surface area contributed by atoms with Crippen LogP contribution in [0, 0.1) is 11.8 Å². The second kappa shape index (κ2) is 8.19. The van der Waals surface area contributed by atoms with E-state index in [2.05, 4.69) is 17.6 Å². The second-order valence-electron chi connectivity index (χ2n) is 8.24. The molecule has 1 saturated heterocycles. The van der Waals surface area contributed by atoms with Crippen LogP contribution in [0.1, 0.15) is 53.4 Å². The summed E-state index contributed by atoms with van der Waals surface area (Å²) in [5.74, 6) is 0.995. The molecule has 6 nitrogen and oxygen atoms in total. The maximum absolute atomic E-state index is 12.1. The number of carbonyl (C=O) groups is 2. The highest BCUT2D eigenvalue weighted by Crippen LogP contribution is 2.28. The fourth-order valence-corrected chi connectivity index (χ4v) is 3.09. The molecular formula is C18H33N3O3. The summed E-state index contributed by atoms with van der Waals surface area (Å²) >= 11 is 0. The molecule has 2 fully saturated rings. The molecule has 24 heavy (non-hydrogen) atoms. The van der Waals surface area contributed by atoms with Gasteiger partial charge in [0.05, 0.1) is 0 Å². The van der Waals surface area contributed by atoms with Crippen LogP contribution in [0.2, 0.25) is 0 Å². The molecule has 2 N–H and O–H groups in total. The van der Waals surface area contributed by atoms with Gasteiger partial charge >= 0.3 is 6.09 Å². The molecule has 138 valence electrons. The predicted molar refractivity (Wildman–Crippen MR) is 93.7 cm³/mol. The van der Waals surface area contributed by atoms with Gasteiger partial charge in [0.2, 0.25) is 5.91 Å². The topological polar surface area (TPSA) is 70.7 Å². The van der Waals surface area contributed by atoms with Crippen LogP contribution in [-0.4, -0.2) is 54.7 Å². The molecule has 0 radical (unpaired) electrons. The van der Waals surface area contributed by atoms with Crippen molar-refractivity contribution in [2.75, 3.05) is 26.2 Å². The monoisotopic (exact) mass is 339 g/mol. The maximum Gasteiger partial charge on any atom is 0.410 e. The van der Waals surface area contributed by atoms with Gasteiger partial charge in [-0.3, -0.25) is 4.79 Å². The summed E-state index contributed by atoms with van der Waals surface area (Å²) in [6, 6.07) is 0.381. The molecule has 0 aromatic carbocycles. The standard InChI is InChI=1S/C18H33N3O3/c1-13(19-8-9-20-16(22)15-5-6-15)11-14-7-10-21(12-14)17(23)24-18(2,3)4/h13-15,19H,5-12H2,1-4H3,(H,20,22). The van der Waals surface area contributed by atoms with E-state index in [1.54, 1.807) is 0 Å². The molecule has 2 atom stereocenters. The fourth-order valence-electron chi connectivity index (χ4n) is 3.09. The van der Waals surface area contributed by atoms with Crippen LogP contribution in [0.4, 0.5) is 4.79 Å². The molecule has 0 spiro atoms. The Morgan fingerprint density at radius 3 is 2.54 bits per heavy atom. The Hall–Kier alpha value is -1.30. The first-order chi connectivity index (χ1) is 11.2. The molecule has 0 aromatic heterocycles. The third-order valence-electron chi connectivity index (χ3n) is 4.49. The summed E-state index contributed by atoms with van der Waals surface area (Å²) in [6.07, 6.45) is 3.96. The molecule has 1 saturated carbocycles. The highest BCUT2D eigenvalue weighted by Gasteiger charge is 2.31. The van der Waals surface area contributed by atoms with Gasteiger partial charge in [0.1, 0.15) is 5.60 Å². The summed E-state index contributed by atoms with van der Waals surface area (Å²) in [4.78, 5) is 25.4. The van der Waals surface area contributed by atoms with Crippen molar-refractivity contribution in [2.24, 2.45) is 11.8 Å². The summed E-state index contributed by atoms with van der Waals surface area (Å²) in [5, 5.41) is 6.42. The van der Waals surface area contributed by atoms with E-state index in [0.717, 1.165) is 45.3 Å². The van der Waals surface area contributed by atoms with E-state index in [0.29, 0.717) is 18.5 Å². The van der Waals surface area contributed by atoms with E-state index in [4.69, 9.17) is 4.74 Å². The number of amides is 2.